The van der Waals surface area contributed by atoms with Gasteiger partial charge in [-0.05, 0) is 124 Å². The normalized spacial score (nSPS) is 24.7. The summed E-state index contributed by atoms with van der Waals surface area (Å²) in [5.41, 5.74) is 1.27. The minimum Gasteiger partial charge on any atom is -0.490 e. The van der Waals surface area contributed by atoms with Crippen LogP contribution in [0.15, 0.2) is 36.9 Å². The molecule has 0 saturated heterocycles. The Morgan fingerprint density at radius 1 is 0.842 bits per heavy atom. The molecule has 6 heteroatoms. The fourth-order valence-corrected chi connectivity index (χ4v) is 6.37. The fraction of sp³-hybridized carbons (Fsp3) is 0.562. The smallest absolute Gasteiger partial charge is 0.200 e. The number of hydrogen-bond donors (Lipinski definition) is 1. The number of ether oxygens (including phenoxy) is 1. The first-order chi connectivity index (χ1) is 18.3. The Bertz CT molecular complexity index is 1080. The molecule has 0 radical (unpaired) electrons. The number of halogens is 4. The van der Waals surface area contributed by atoms with Crippen molar-refractivity contribution in [3.05, 3.63) is 76.9 Å². The van der Waals surface area contributed by atoms with Gasteiger partial charge in [0.15, 0.2) is 23.2 Å². The maximum Gasteiger partial charge on any atom is 0.200 e. The van der Waals surface area contributed by atoms with Crippen LogP contribution in [-0.2, 0) is 6.42 Å². The molecule has 208 valence electrons. The first-order valence-electron chi connectivity index (χ1n) is 14.2. The zero-order valence-electron chi connectivity index (χ0n) is 22.3. The molecule has 1 N–H and O–H groups in total. The summed E-state index contributed by atoms with van der Waals surface area (Å²) in [5.74, 6) is -2.75. The highest BCUT2D eigenvalue weighted by Gasteiger charge is 2.30. The number of aliphatic hydroxyl groups excluding tert-OH is 1. The lowest BCUT2D eigenvalue weighted by Gasteiger charge is -2.32. The molecular weight excluding hydrogens is 492 g/mol. The number of hydrogen-bond acceptors (Lipinski definition) is 2. The highest BCUT2D eigenvalue weighted by Crippen LogP contribution is 2.42. The maximum absolute atomic E-state index is 15.2. The molecule has 2 aliphatic rings. The third-order valence-corrected chi connectivity index (χ3v) is 8.85. The summed E-state index contributed by atoms with van der Waals surface area (Å²) in [4.78, 5) is 0. The number of aliphatic hydroxyl groups is 1. The Hall–Kier alpha value is -2.34. The average molecular weight is 533 g/mol. The van der Waals surface area contributed by atoms with Crippen LogP contribution in [-0.4, -0.2) is 17.8 Å². The molecule has 0 aliphatic heterocycles. The Kier molecular flexibility index (Phi) is 9.91. The monoisotopic (exact) mass is 532 g/mol. The van der Waals surface area contributed by atoms with E-state index in [2.05, 4.69) is 6.58 Å². The van der Waals surface area contributed by atoms with Crippen molar-refractivity contribution in [2.24, 2.45) is 11.8 Å². The summed E-state index contributed by atoms with van der Waals surface area (Å²) >= 11 is 0. The van der Waals surface area contributed by atoms with E-state index in [-0.39, 0.29) is 36.2 Å². The number of rotatable bonds is 10. The molecule has 0 spiro atoms. The van der Waals surface area contributed by atoms with Crippen LogP contribution in [0.25, 0.3) is 0 Å². The van der Waals surface area contributed by atoms with Gasteiger partial charge in [-0.2, -0.15) is 4.39 Å². The minimum atomic E-state index is -0.952. The summed E-state index contributed by atoms with van der Waals surface area (Å²) in [5, 5.41) is 9.82. The van der Waals surface area contributed by atoms with Crippen molar-refractivity contribution in [3.63, 3.8) is 0 Å². The molecule has 2 aliphatic carbocycles. The minimum absolute atomic E-state index is 0.00212. The van der Waals surface area contributed by atoms with Crippen molar-refractivity contribution in [3.8, 4) is 5.75 Å². The average Bonchev–Trinajstić information content (AvgIpc) is 2.92. The first-order valence-corrected chi connectivity index (χ1v) is 14.2. The molecule has 2 fully saturated rings. The van der Waals surface area contributed by atoms with Crippen LogP contribution in [0.2, 0.25) is 0 Å². The Balaban J connectivity index is 1.30. The fourth-order valence-electron chi connectivity index (χ4n) is 6.37. The number of benzene rings is 2. The lowest BCUT2D eigenvalue weighted by atomic mass is 9.74. The third-order valence-electron chi connectivity index (χ3n) is 8.85. The lowest BCUT2D eigenvalue weighted by Crippen LogP contribution is -2.23. The van der Waals surface area contributed by atoms with E-state index in [1.54, 1.807) is 31.2 Å². The van der Waals surface area contributed by atoms with Gasteiger partial charge in [0.2, 0.25) is 5.82 Å². The Morgan fingerprint density at radius 2 is 1.42 bits per heavy atom. The second-order valence-corrected chi connectivity index (χ2v) is 11.3. The van der Waals surface area contributed by atoms with Gasteiger partial charge in [-0.25, -0.2) is 13.2 Å². The van der Waals surface area contributed by atoms with Gasteiger partial charge in [0.25, 0.3) is 0 Å². The van der Waals surface area contributed by atoms with Crippen LogP contribution in [0, 0.1) is 35.1 Å². The molecule has 38 heavy (non-hydrogen) atoms. The molecule has 1 unspecified atom stereocenters. The Morgan fingerprint density at radius 3 is 1.97 bits per heavy atom. The first kappa shape index (κ1) is 28.7. The summed E-state index contributed by atoms with van der Waals surface area (Å²) < 4.78 is 64.5. The second-order valence-electron chi connectivity index (χ2n) is 11.3. The quantitative estimate of drug-likeness (QED) is 0.188. The van der Waals surface area contributed by atoms with Gasteiger partial charge >= 0.3 is 0 Å². The van der Waals surface area contributed by atoms with Gasteiger partial charge < -0.3 is 9.84 Å². The van der Waals surface area contributed by atoms with E-state index in [9.17, 15) is 13.9 Å². The molecule has 2 aromatic rings. The molecule has 0 aromatic heterocycles. The zero-order chi connectivity index (χ0) is 27.2. The van der Waals surface area contributed by atoms with E-state index < -0.39 is 23.3 Å². The molecular formula is C32H40F4O2. The van der Waals surface area contributed by atoms with E-state index >= 15 is 8.78 Å². The van der Waals surface area contributed by atoms with Crippen molar-refractivity contribution in [1.82, 2.24) is 0 Å². The second kappa shape index (κ2) is 13.1. The molecule has 2 saturated carbocycles. The maximum atomic E-state index is 15.2. The van der Waals surface area contributed by atoms with E-state index in [1.807, 2.05) is 0 Å². The van der Waals surface area contributed by atoms with Crippen molar-refractivity contribution in [2.75, 3.05) is 6.61 Å². The van der Waals surface area contributed by atoms with Crippen LogP contribution in [0.3, 0.4) is 0 Å². The van der Waals surface area contributed by atoms with E-state index in [1.165, 1.54) is 6.07 Å². The largest absolute Gasteiger partial charge is 0.490 e. The third kappa shape index (κ3) is 6.62. The zero-order valence-corrected chi connectivity index (χ0v) is 22.3. The van der Waals surface area contributed by atoms with Gasteiger partial charge in [0.05, 0.1) is 12.7 Å². The van der Waals surface area contributed by atoms with E-state index in [0.29, 0.717) is 35.4 Å². The lowest BCUT2D eigenvalue weighted by molar-refractivity contribution is 0.0963. The van der Waals surface area contributed by atoms with Crippen molar-refractivity contribution < 1.29 is 27.4 Å². The highest BCUT2D eigenvalue weighted by atomic mass is 19.2. The Labute approximate surface area is 224 Å². The van der Waals surface area contributed by atoms with E-state index in [0.717, 1.165) is 57.8 Å². The van der Waals surface area contributed by atoms with Gasteiger partial charge in [-0.3, -0.25) is 0 Å². The topological polar surface area (TPSA) is 29.5 Å². The molecule has 0 amide bonds. The van der Waals surface area contributed by atoms with Gasteiger partial charge in [0.1, 0.15) is 0 Å². The van der Waals surface area contributed by atoms with Crippen LogP contribution >= 0.6 is 0 Å². The van der Waals surface area contributed by atoms with Crippen molar-refractivity contribution in [2.45, 2.75) is 95.5 Å². The molecule has 4 rings (SSSR count). The van der Waals surface area contributed by atoms with Gasteiger partial charge in [0, 0.05) is 0 Å². The predicted molar refractivity (Wildman–Crippen MR) is 142 cm³/mol. The summed E-state index contributed by atoms with van der Waals surface area (Å²) in [6.45, 7) is 5.63. The van der Waals surface area contributed by atoms with Crippen LogP contribution in [0.5, 0.6) is 5.75 Å². The SMILES string of the molecule is C=CCCOc1ccc(CCC2CCC(c3ccc(C4CCC(C(C)O)CC4)c(F)c3F)CC2)c(F)c1F. The molecule has 2 aromatic carbocycles. The molecule has 0 bridgehead atoms. The van der Waals surface area contributed by atoms with E-state index in [4.69, 9.17) is 4.74 Å². The van der Waals surface area contributed by atoms with Gasteiger partial charge in [-0.1, -0.05) is 24.3 Å². The summed E-state index contributed by atoms with van der Waals surface area (Å²) in [6, 6.07) is 6.61. The van der Waals surface area contributed by atoms with Crippen LogP contribution in [0.4, 0.5) is 17.6 Å². The van der Waals surface area contributed by atoms with Crippen LogP contribution < -0.4 is 4.74 Å². The highest BCUT2D eigenvalue weighted by molar-refractivity contribution is 5.33. The van der Waals surface area contributed by atoms with Crippen LogP contribution in [0.1, 0.15) is 99.7 Å². The molecule has 0 heterocycles. The standard InChI is InChI=1S/C32H40F4O2/c1-3-4-19-38-28-18-15-25(29(33)32(28)36)10-7-21-5-8-23(9-6-21)26-16-17-27(31(35)30(26)34)24-13-11-22(12-14-24)20(2)37/h3,15-18,20-24,37H,1,4-14,19H2,2H3. The number of aryl methyl sites for hydroxylation is 1. The molecule has 2 nitrogen and oxygen atoms in total. The van der Waals surface area contributed by atoms with Crippen molar-refractivity contribution in [1.29, 1.82) is 0 Å². The predicted octanol–water partition coefficient (Wildman–Crippen LogP) is 8.76. The summed E-state index contributed by atoms with van der Waals surface area (Å²) in [7, 11) is 0. The summed E-state index contributed by atoms with van der Waals surface area (Å²) in [6.07, 6.45) is 9.43. The van der Waals surface area contributed by atoms with Gasteiger partial charge in [-0.15, -0.1) is 6.58 Å². The molecule has 1 atom stereocenters. The van der Waals surface area contributed by atoms with Crippen molar-refractivity contribution >= 4 is 0 Å².